The average molecular weight is 1730 g/mol. The zero-order chi connectivity index (χ0) is 86.2. The van der Waals surface area contributed by atoms with E-state index >= 15 is 0 Å². The predicted octanol–water partition coefficient (Wildman–Crippen LogP) is 33.2. The van der Waals surface area contributed by atoms with Crippen molar-refractivity contribution in [3.05, 3.63) is 449 Å². The maximum Gasteiger partial charge on any atom is 0.162 e. The summed E-state index contributed by atoms with van der Waals surface area (Å²) in [4.78, 5) is 45.0. The van der Waals surface area contributed by atoms with Gasteiger partial charge in [-0.2, -0.15) is 0 Å². The minimum absolute atomic E-state index is 0.747. The van der Waals surface area contributed by atoms with Gasteiger partial charge in [0.05, 0.1) is 22.8 Å². The van der Waals surface area contributed by atoms with Crippen molar-refractivity contribution in [2.75, 3.05) is 0 Å². The van der Waals surface area contributed by atoms with Gasteiger partial charge < -0.3 is 0 Å². The Morgan fingerprint density at radius 3 is 0.869 bits per heavy atom. The minimum atomic E-state index is 0.747. The fourth-order valence-electron chi connectivity index (χ4n) is 17.7. The zero-order valence-electron chi connectivity index (χ0n) is 69.9. The molecule has 8 nitrogen and oxygen atoms in total. The molecule has 0 saturated heterocycles. The van der Waals surface area contributed by atoms with Crippen LogP contribution in [0, 0.1) is 0 Å². The molecule has 0 radical (unpaired) electrons. The maximum atomic E-state index is 5.33. The first-order valence-electron chi connectivity index (χ1n) is 43.3. The average Bonchev–Trinajstić information content (AvgIpc) is 1.63. The molecule has 610 valence electrons. The second kappa shape index (κ2) is 34.7. The molecule has 8 heterocycles. The van der Waals surface area contributed by atoms with E-state index in [4.69, 9.17) is 39.9 Å². The zero-order valence-corrected chi connectivity index (χ0v) is 73.2. The van der Waals surface area contributed by atoms with Crippen LogP contribution in [0.25, 0.3) is 237 Å². The molecular formula is C118H74N8S4. The van der Waals surface area contributed by atoms with E-state index in [2.05, 4.69) is 425 Å². The first-order chi connectivity index (χ1) is 64.4. The van der Waals surface area contributed by atoms with Gasteiger partial charge in [-0.05, 0) is 108 Å². The van der Waals surface area contributed by atoms with Crippen LogP contribution in [0.5, 0.6) is 0 Å². The SMILES string of the molecule is c1ccc(-c2ccccc2-c2nc(-c3ccccc3-c3ccccc3)c3c(n2)sc2ccccc23)cc1.c1ccc(-c2nc(-c3ccc4ccccc4c3)nc3sc4ccccc4c23)cc1.c1ccc(-c2nc(-c3cccc(-c4ccc5ccccc5c4)c3)nc3sc4ccccc4c23)cc1.c1ccc(-c2nc(-c3cccc4ccccc34)nc3sc4ccccc4c23)cc1. The van der Waals surface area contributed by atoms with Crippen LogP contribution >= 0.6 is 45.3 Å². The molecule has 0 aliphatic heterocycles. The third-order valence-electron chi connectivity index (χ3n) is 23.9. The highest BCUT2D eigenvalue weighted by Crippen LogP contribution is 2.47. The van der Waals surface area contributed by atoms with E-state index in [-0.39, 0.29) is 0 Å². The number of benzene rings is 18. The summed E-state index contributed by atoms with van der Waals surface area (Å²) in [6.07, 6.45) is 0. The summed E-state index contributed by atoms with van der Waals surface area (Å²) >= 11 is 6.93. The molecule has 0 saturated carbocycles. The lowest BCUT2D eigenvalue weighted by molar-refractivity contribution is 1.24. The predicted molar refractivity (Wildman–Crippen MR) is 552 cm³/mol. The Morgan fingerprint density at radius 1 is 0.138 bits per heavy atom. The van der Waals surface area contributed by atoms with Crippen molar-refractivity contribution in [1.29, 1.82) is 0 Å². The van der Waals surface area contributed by atoms with Crippen molar-refractivity contribution in [2.45, 2.75) is 0 Å². The van der Waals surface area contributed by atoms with E-state index < -0.39 is 0 Å². The molecule has 26 rings (SSSR count). The molecule has 0 unspecified atom stereocenters. The van der Waals surface area contributed by atoms with Crippen LogP contribution in [-0.4, -0.2) is 39.9 Å². The summed E-state index contributed by atoms with van der Waals surface area (Å²) in [5, 5.41) is 16.7. The van der Waals surface area contributed by atoms with Gasteiger partial charge in [0.25, 0.3) is 0 Å². The molecule has 0 bridgehead atoms. The van der Waals surface area contributed by atoms with Gasteiger partial charge in [0, 0.05) is 106 Å². The van der Waals surface area contributed by atoms with Crippen molar-refractivity contribution < 1.29 is 0 Å². The number of nitrogens with zero attached hydrogens (tertiary/aromatic N) is 8. The van der Waals surface area contributed by atoms with Crippen molar-refractivity contribution >= 4 is 159 Å². The maximum absolute atomic E-state index is 5.33. The summed E-state index contributed by atoms with van der Waals surface area (Å²) in [5.41, 5.74) is 19.6. The molecule has 8 aromatic heterocycles. The first kappa shape index (κ1) is 78.6. The van der Waals surface area contributed by atoms with Gasteiger partial charge in [-0.1, -0.05) is 406 Å². The molecule has 130 heavy (non-hydrogen) atoms. The summed E-state index contributed by atoms with van der Waals surface area (Å²) in [6.45, 7) is 0. The molecule has 18 aromatic carbocycles. The largest absolute Gasteiger partial charge is 0.227 e. The minimum Gasteiger partial charge on any atom is -0.227 e. The van der Waals surface area contributed by atoms with Crippen molar-refractivity contribution in [3.8, 4) is 124 Å². The lowest BCUT2D eigenvalue weighted by Gasteiger charge is -2.14. The second-order valence-corrected chi connectivity index (χ2v) is 36.0. The number of rotatable bonds is 11. The van der Waals surface area contributed by atoms with E-state index in [1.54, 1.807) is 45.3 Å². The van der Waals surface area contributed by atoms with E-state index in [9.17, 15) is 0 Å². The topological polar surface area (TPSA) is 103 Å². The van der Waals surface area contributed by atoms with Crippen molar-refractivity contribution in [2.24, 2.45) is 0 Å². The van der Waals surface area contributed by atoms with Crippen molar-refractivity contribution in [3.63, 3.8) is 0 Å². The van der Waals surface area contributed by atoms with E-state index in [1.165, 1.54) is 89.4 Å². The lowest BCUT2D eigenvalue weighted by Crippen LogP contribution is -1.96. The first-order valence-corrected chi connectivity index (χ1v) is 46.5. The Labute approximate surface area is 765 Å². The summed E-state index contributed by atoms with van der Waals surface area (Å²) < 4.78 is 4.93. The number of hydrogen-bond donors (Lipinski definition) is 0. The molecule has 0 atom stereocenters. The Balaban J connectivity index is 0.0000000993. The summed E-state index contributed by atoms with van der Waals surface area (Å²) in [7, 11) is 0. The number of hydrogen-bond acceptors (Lipinski definition) is 12. The molecule has 0 aliphatic carbocycles. The monoisotopic (exact) mass is 1730 g/mol. The fourth-order valence-corrected chi connectivity index (χ4v) is 22.0. The normalized spacial score (nSPS) is 11.4. The summed E-state index contributed by atoms with van der Waals surface area (Å²) in [5.74, 6) is 3.05. The van der Waals surface area contributed by atoms with Gasteiger partial charge in [0.2, 0.25) is 0 Å². The fraction of sp³-hybridized carbons (Fsp3) is 0. The van der Waals surface area contributed by atoms with Gasteiger partial charge in [-0.15, -0.1) is 45.3 Å². The van der Waals surface area contributed by atoms with Gasteiger partial charge in [-0.25, -0.2) is 39.9 Å². The molecule has 26 aromatic rings. The van der Waals surface area contributed by atoms with Gasteiger partial charge in [0.15, 0.2) is 23.3 Å². The number of fused-ring (bicyclic) bond motifs is 15. The van der Waals surface area contributed by atoms with E-state index in [0.29, 0.717) is 0 Å². The quantitative estimate of drug-likeness (QED) is 0.126. The van der Waals surface area contributed by atoms with E-state index in [0.717, 1.165) is 148 Å². The third kappa shape index (κ3) is 15.2. The van der Waals surface area contributed by atoms with Crippen LogP contribution in [0.4, 0.5) is 0 Å². The van der Waals surface area contributed by atoms with Crippen LogP contribution in [0.2, 0.25) is 0 Å². The molecule has 0 aliphatic rings. The number of thiophene rings is 4. The van der Waals surface area contributed by atoms with Gasteiger partial charge >= 0.3 is 0 Å². The highest BCUT2D eigenvalue weighted by Gasteiger charge is 2.25. The van der Waals surface area contributed by atoms with Crippen LogP contribution in [-0.2, 0) is 0 Å². The Hall–Kier alpha value is -16.1. The van der Waals surface area contributed by atoms with Crippen LogP contribution in [0.15, 0.2) is 449 Å². The van der Waals surface area contributed by atoms with Crippen LogP contribution in [0.3, 0.4) is 0 Å². The van der Waals surface area contributed by atoms with Crippen LogP contribution in [0.1, 0.15) is 0 Å². The third-order valence-corrected chi connectivity index (χ3v) is 28.1. The lowest BCUT2D eigenvalue weighted by atomic mass is 9.95. The Kier molecular flexibility index (Phi) is 21.0. The molecule has 0 N–H and O–H groups in total. The summed E-state index contributed by atoms with van der Waals surface area (Å²) in [6, 6.07) is 157. The van der Waals surface area contributed by atoms with Crippen molar-refractivity contribution in [1.82, 2.24) is 39.9 Å². The Morgan fingerprint density at radius 2 is 0.408 bits per heavy atom. The number of aromatic nitrogens is 8. The van der Waals surface area contributed by atoms with Gasteiger partial charge in [0.1, 0.15) is 19.3 Å². The Bertz CT molecular complexity index is 8750. The molecular weight excluding hydrogens is 1660 g/mol. The van der Waals surface area contributed by atoms with Crippen LogP contribution < -0.4 is 0 Å². The second-order valence-electron chi connectivity index (χ2n) is 31.8. The highest BCUT2D eigenvalue weighted by atomic mass is 32.1. The smallest absolute Gasteiger partial charge is 0.162 e. The standard InChI is InChI=1S/C34H22N2S.C32H20N2S.2C26H16N2S/c1-3-13-23(14-4-1)25-17-7-9-19-27(25)32-31-29-21-11-12-22-30(29)37-34(31)36-33(35-32)28-20-10-8-18-26(28)24-15-5-2-6-16-24;1-2-10-22(11-3-1)30-29-27-15-6-7-16-28(27)35-32(29)34-31(33-30)26-14-8-13-24(20-26)25-18-17-21-9-4-5-12-23(21)19-25;1-2-10-18(11-3-1)24-23-21-14-6-7-16-22(21)29-26(23)28-25(27-24)20-15-8-12-17-9-4-5-13-19(17)20;1-2-9-18(10-3-1)24-23-21-12-6-7-13-22(21)29-26(23)28-25(27-24)20-15-14-17-8-4-5-11-19(17)16-20/h1-22H;1-20H;2*1-16H. The van der Waals surface area contributed by atoms with Gasteiger partial charge in [-0.3, -0.25) is 0 Å². The molecule has 0 fully saturated rings. The molecule has 12 heteroatoms. The molecule has 0 amide bonds. The highest BCUT2D eigenvalue weighted by molar-refractivity contribution is 7.26. The van der Waals surface area contributed by atoms with E-state index in [1.807, 2.05) is 24.3 Å². The molecule has 0 spiro atoms.